The van der Waals surface area contributed by atoms with Crippen LogP contribution < -0.4 is 18.9 Å². The summed E-state index contributed by atoms with van der Waals surface area (Å²) in [6.45, 7) is 0. The van der Waals surface area contributed by atoms with Crippen molar-refractivity contribution in [2.45, 2.75) is 0 Å². The lowest BCUT2D eigenvalue weighted by Crippen LogP contribution is -2.09. The van der Waals surface area contributed by atoms with Crippen LogP contribution in [0.4, 0.5) is 0 Å². The highest BCUT2D eigenvalue weighted by molar-refractivity contribution is 6.14. The first-order valence-corrected chi connectivity index (χ1v) is 9.16. The van der Waals surface area contributed by atoms with Gasteiger partial charge >= 0.3 is 5.97 Å². The van der Waals surface area contributed by atoms with Crippen LogP contribution in [0.15, 0.2) is 72.5 Å². The molecular weight excluding hydrogens is 384 g/mol. The van der Waals surface area contributed by atoms with E-state index in [1.807, 2.05) is 30.3 Å². The smallest absolute Gasteiger partial charge is 0.343 e. The Balaban J connectivity index is 1.54. The zero-order valence-corrected chi connectivity index (χ0v) is 16.4. The molecule has 150 valence electrons. The fourth-order valence-corrected chi connectivity index (χ4v) is 3.06. The second-order valence-electron chi connectivity index (χ2n) is 6.47. The molecule has 0 N–H and O–H groups in total. The van der Waals surface area contributed by atoms with E-state index in [4.69, 9.17) is 18.9 Å². The number of Topliss-reactive ketones (excluding diaryl/α,β-unsaturated/α-hetero) is 1. The molecule has 0 bridgehead atoms. The summed E-state index contributed by atoms with van der Waals surface area (Å²) in [6, 6.07) is 18.8. The van der Waals surface area contributed by atoms with E-state index >= 15 is 0 Å². The predicted octanol–water partition coefficient (Wildman–Crippen LogP) is 4.54. The number of benzene rings is 3. The van der Waals surface area contributed by atoms with E-state index in [-0.39, 0.29) is 17.3 Å². The van der Waals surface area contributed by atoms with E-state index < -0.39 is 5.97 Å². The van der Waals surface area contributed by atoms with E-state index in [2.05, 4.69) is 0 Å². The van der Waals surface area contributed by atoms with Gasteiger partial charge in [-0.05, 0) is 42.0 Å². The van der Waals surface area contributed by atoms with Gasteiger partial charge in [0.2, 0.25) is 5.78 Å². The molecule has 0 spiro atoms. The highest BCUT2D eigenvalue weighted by Gasteiger charge is 2.28. The molecule has 0 atom stereocenters. The van der Waals surface area contributed by atoms with Crippen LogP contribution in [0.2, 0.25) is 0 Å². The number of allylic oxidation sites excluding steroid dienone is 1. The number of rotatable bonds is 5. The van der Waals surface area contributed by atoms with Crippen LogP contribution in [0.25, 0.3) is 6.08 Å². The second kappa shape index (κ2) is 8.13. The van der Waals surface area contributed by atoms with Gasteiger partial charge < -0.3 is 18.9 Å². The zero-order chi connectivity index (χ0) is 21.1. The first-order valence-electron chi connectivity index (χ1n) is 9.16. The van der Waals surface area contributed by atoms with E-state index in [1.165, 1.54) is 26.4 Å². The minimum Gasteiger partial charge on any atom is -0.493 e. The van der Waals surface area contributed by atoms with Gasteiger partial charge in [-0.3, -0.25) is 4.79 Å². The summed E-state index contributed by atoms with van der Waals surface area (Å²) in [5.41, 5.74) is 1.58. The molecule has 6 heteroatoms. The number of carbonyl (C=O) groups excluding carboxylic acids is 2. The monoisotopic (exact) mass is 402 g/mol. The fourth-order valence-electron chi connectivity index (χ4n) is 3.06. The number of esters is 1. The van der Waals surface area contributed by atoms with Crippen LogP contribution in [0.3, 0.4) is 0 Å². The van der Waals surface area contributed by atoms with Crippen LogP contribution in [-0.4, -0.2) is 26.0 Å². The van der Waals surface area contributed by atoms with E-state index in [0.717, 1.165) is 5.56 Å². The molecule has 3 aromatic rings. The third-order valence-corrected chi connectivity index (χ3v) is 4.57. The van der Waals surface area contributed by atoms with Crippen molar-refractivity contribution < 1.29 is 28.5 Å². The van der Waals surface area contributed by atoms with Crippen molar-refractivity contribution in [3.05, 3.63) is 89.2 Å². The average Bonchev–Trinajstić information content (AvgIpc) is 3.08. The molecule has 0 saturated heterocycles. The van der Waals surface area contributed by atoms with Crippen molar-refractivity contribution in [2.24, 2.45) is 0 Å². The summed E-state index contributed by atoms with van der Waals surface area (Å²) in [6.07, 6.45) is 1.68. The van der Waals surface area contributed by atoms with Crippen LogP contribution >= 0.6 is 0 Å². The molecule has 1 aliphatic heterocycles. The standard InChI is InChI=1S/C24H18O6/c1-27-19-11-8-16(13-21(19)28-2)24(26)29-17-9-10-18-20(14-17)30-22(23(18)25)12-15-6-4-3-5-7-15/h3-14H,1-2H3. The van der Waals surface area contributed by atoms with E-state index in [1.54, 1.807) is 30.3 Å². The average molecular weight is 402 g/mol. The number of ether oxygens (including phenoxy) is 4. The number of fused-ring (bicyclic) bond motifs is 1. The third kappa shape index (κ3) is 3.75. The van der Waals surface area contributed by atoms with Gasteiger partial charge in [-0.1, -0.05) is 30.3 Å². The summed E-state index contributed by atoms with van der Waals surface area (Å²) in [5.74, 6) is 0.982. The zero-order valence-electron chi connectivity index (χ0n) is 16.4. The normalized spacial score (nSPS) is 13.5. The summed E-state index contributed by atoms with van der Waals surface area (Å²) in [7, 11) is 3.00. The Morgan fingerprint density at radius 3 is 2.40 bits per heavy atom. The Bertz CT molecular complexity index is 1150. The van der Waals surface area contributed by atoms with Crippen LogP contribution in [0, 0.1) is 0 Å². The van der Waals surface area contributed by atoms with E-state index in [0.29, 0.717) is 28.4 Å². The minimum absolute atomic E-state index is 0.216. The summed E-state index contributed by atoms with van der Waals surface area (Å²) < 4.78 is 21.5. The van der Waals surface area contributed by atoms with Gasteiger partial charge in [-0.15, -0.1) is 0 Å². The Morgan fingerprint density at radius 2 is 1.67 bits per heavy atom. The Kier molecular flexibility index (Phi) is 5.22. The molecule has 0 aromatic heterocycles. The maximum absolute atomic E-state index is 12.6. The molecule has 0 radical (unpaired) electrons. The van der Waals surface area contributed by atoms with Crippen molar-refractivity contribution in [2.75, 3.05) is 14.2 Å². The molecule has 0 aliphatic carbocycles. The van der Waals surface area contributed by atoms with Gasteiger partial charge in [-0.25, -0.2) is 4.79 Å². The van der Waals surface area contributed by atoms with Crippen molar-refractivity contribution in [1.82, 2.24) is 0 Å². The van der Waals surface area contributed by atoms with Gasteiger partial charge in [0.25, 0.3) is 0 Å². The molecule has 3 aromatic carbocycles. The predicted molar refractivity (Wildman–Crippen MR) is 110 cm³/mol. The van der Waals surface area contributed by atoms with Gasteiger partial charge in [0.05, 0.1) is 25.3 Å². The molecule has 0 amide bonds. The maximum atomic E-state index is 12.6. The lowest BCUT2D eigenvalue weighted by atomic mass is 10.1. The van der Waals surface area contributed by atoms with Crippen LogP contribution in [-0.2, 0) is 0 Å². The number of methoxy groups -OCH3 is 2. The first-order chi connectivity index (χ1) is 14.6. The summed E-state index contributed by atoms with van der Waals surface area (Å²) in [4.78, 5) is 25.1. The maximum Gasteiger partial charge on any atom is 0.343 e. The van der Waals surface area contributed by atoms with E-state index in [9.17, 15) is 9.59 Å². The molecule has 6 nitrogen and oxygen atoms in total. The van der Waals surface area contributed by atoms with Gasteiger partial charge in [0, 0.05) is 6.07 Å². The number of carbonyl (C=O) groups is 2. The van der Waals surface area contributed by atoms with Crippen molar-refractivity contribution in [1.29, 1.82) is 0 Å². The SMILES string of the molecule is COc1ccc(C(=O)Oc2ccc3c(c2)OC(=Cc2ccccc2)C3=O)cc1OC. The molecule has 0 unspecified atom stereocenters. The second-order valence-corrected chi connectivity index (χ2v) is 6.47. The van der Waals surface area contributed by atoms with Gasteiger partial charge in [-0.2, -0.15) is 0 Å². The highest BCUT2D eigenvalue weighted by atomic mass is 16.5. The van der Waals surface area contributed by atoms with Crippen molar-refractivity contribution in [3.8, 4) is 23.0 Å². The molecular formula is C24H18O6. The van der Waals surface area contributed by atoms with Crippen LogP contribution in [0.1, 0.15) is 26.3 Å². The molecule has 0 fully saturated rings. The Hall–Kier alpha value is -4.06. The molecule has 1 heterocycles. The Labute approximate surface area is 173 Å². The van der Waals surface area contributed by atoms with Crippen molar-refractivity contribution in [3.63, 3.8) is 0 Å². The molecule has 1 aliphatic rings. The minimum atomic E-state index is -0.569. The topological polar surface area (TPSA) is 71.1 Å². The van der Waals surface area contributed by atoms with Crippen LogP contribution in [0.5, 0.6) is 23.0 Å². The largest absolute Gasteiger partial charge is 0.493 e. The van der Waals surface area contributed by atoms with Crippen molar-refractivity contribution >= 4 is 17.8 Å². The fraction of sp³-hybridized carbons (Fsp3) is 0.0833. The number of hydrogen-bond acceptors (Lipinski definition) is 6. The third-order valence-electron chi connectivity index (χ3n) is 4.57. The molecule has 30 heavy (non-hydrogen) atoms. The summed E-state index contributed by atoms with van der Waals surface area (Å²) in [5, 5.41) is 0. The van der Waals surface area contributed by atoms with Gasteiger partial charge in [0.1, 0.15) is 11.5 Å². The Morgan fingerprint density at radius 1 is 0.900 bits per heavy atom. The quantitative estimate of drug-likeness (QED) is 0.355. The lowest BCUT2D eigenvalue weighted by molar-refractivity contribution is 0.0734. The number of hydrogen-bond donors (Lipinski definition) is 0. The summed E-state index contributed by atoms with van der Waals surface area (Å²) >= 11 is 0. The van der Waals surface area contributed by atoms with Gasteiger partial charge in [0.15, 0.2) is 17.3 Å². The molecule has 0 saturated carbocycles. The number of ketones is 1. The molecule has 4 rings (SSSR count). The first kappa shape index (κ1) is 19.3. The highest BCUT2D eigenvalue weighted by Crippen LogP contribution is 2.35. The lowest BCUT2D eigenvalue weighted by Gasteiger charge is -2.10.